The van der Waals surface area contributed by atoms with Crippen LogP contribution in [0.15, 0.2) is 18.2 Å². The third kappa shape index (κ3) is 5.05. The highest BCUT2D eigenvalue weighted by Gasteiger charge is 2.33. The van der Waals surface area contributed by atoms with Gasteiger partial charge in [-0.3, -0.25) is 0 Å². The molecule has 1 rings (SSSR count). The molecule has 1 aromatic rings. The first-order valence-electron chi connectivity index (χ1n) is 5.77. The Labute approximate surface area is 122 Å². The summed E-state index contributed by atoms with van der Waals surface area (Å²) in [5, 5.41) is -0.406. The van der Waals surface area contributed by atoms with E-state index in [2.05, 4.69) is 9.47 Å². The van der Waals surface area contributed by atoms with Gasteiger partial charge in [-0.2, -0.15) is 0 Å². The second-order valence-corrected chi connectivity index (χ2v) is 4.32. The average molecular weight is 330 g/mol. The summed E-state index contributed by atoms with van der Waals surface area (Å²) >= 11 is 5.61. The molecule has 0 aromatic heterocycles. The monoisotopic (exact) mass is 329 g/mol. The Morgan fingerprint density at radius 1 is 1.43 bits per heavy atom. The van der Waals surface area contributed by atoms with Gasteiger partial charge in [-0.1, -0.05) is 17.7 Å². The van der Waals surface area contributed by atoms with Crippen LogP contribution in [0.3, 0.4) is 0 Å². The lowest BCUT2D eigenvalue weighted by Gasteiger charge is -2.17. The maximum atomic E-state index is 13.7. The number of nitrogens with two attached hydrogens (primary N) is 1. The van der Waals surface area contributed by atoms with Gasteiger partial charge >= 0.3 is 12.3 Å². The van der Waals surface area contributed by atoms with Gasteiger partial charge in [-0.15, -0.1) is 13.2 Å². The minimum absolute atomic E-state index is 0.0227. The van der Waals surface area contributed by atoms with E-state index in [1.165, 1.54) is 6.92 Å². The average Bonchev–Trinajstić information content (AvgIpc) is 2.38. The zero-order chi connectivity index (χ0) is 16.2. The van der Waals surface area contributed by atoms with Crippen molar-refractivity contribution in [3.05, 3.63) is 28.8 Å². The van der Waals surface area contributed by atoms with E-state index in [0.717, 1.165) is 18.2 Å². The number of esters is 1. The Bertz CT molecular complexity index is 510. The molecule has 0 aliphatic rings. The molecule has 1 aromatic carbocycles. The van der Waals surface area contributed by atoms with Gasteiger partial charge in [-0.05, 0) is 24.6 Å². The van der Waals surface area contributed by atoms with E-state index < -0.39 is 35.3 Å². The molecule has 118 valence electrons. The van der Waals surface area contributed by atoms with Crippen LogP contribution in [0.4, 0.5) is 17.6 Å². The summed E-state index contributed by atoms with van der Waals surface area (Å²) in [6.45, 7) is 1.47. The van der Waals surface area contributed by atoms with Gasteiger partial charge in [0.2, 0.25) is 6.17 Å². The maximum Gasteiger partial charge on any atom is 0.573 e. The van der Waals surface area contributed by atoms with Gasteiger partial charge in [0, 0.05) is 0 Å². The van der Waals surface area contributed by atoms with Crippen LogP contribution in [0.5, 0.6) is 5.75 Å². The lowest BCUT2D eigenvalue weighted by atomic mass is 10.0. The molecule has 21 heavy (non-hydrogen) atoms. The Morgan fingerprint density at radius 2 is 2.05 bits per heavy atom. The Balaban J connectivity index is 2.90. The van der Waals surface area contributed by atoms with Crippen molar-refractivity contribution in [2.75, 3.05) is 6.61 Å². The minimum Gasteiger partial charge on any atom is -0.464 e. The Kier molecular flexibility index (Phi) is 5.79. The molecule has 0 fully saturated rings. The fraction of sp³-hybridized carbons (Fsp3) is 0.417. The number of hydrogen-bond acceptors (Lipinski definition) is 4. The van der Waals surface area contributed by atoms with Crippen molar-refractivity contribution in [2.24, 2.45) is 5.73 Å². The number of carbonyl (C=O) groups is 1. The smallest absolute Gasteiger partial charge is 0.464 e. The fourth-order valence-electron chi connectivity index (χ4n) is 1.47. The maximum absolute atomic E-state index is 13.7. The molecular formula is C12H12ClF4NO3. The summed E-state index contributed by atoms with van der Waals surface area (Å²) in [6.07, 6.45) is -7.06. The van der Waals surface area contributed by atoms with Gasteiger partial charge in [0.05, 0.1) is 17.7 Å². The topological polar surface area (TPSA) is 61.5 Å². The third-order valence-corrected chi connectivity index (χ3v) is 2.69. The molecule has 0 aliphatic carbocycles. The summed E-state index contributed by atoms with van der Waals surface area (Å²) in [7, 11) is 0. The highest BCUT2D eigenvalue weighted by molar-refractivity contribution is 6.32. The van der Waals surface area contributed by atoms with Crippen molar-refractivity contribution in [2.45, 2.75) is 25.5 Å². The second kappa shape index (κ2) is 6.95. The number of hydrogen-bond donors (Lipinski definition) is 1. The van der Waals surface area contributed by atoms with Gasteiger partial charge in [0.15, 0.2) is 0 Å². The molecule has 1 unspecified atom stereocenters. The zero-order valence-electron chi connectivity index (χ0n) is 10.8. The SMILES string of the molecule is CCOC(=O)C(F)[C@H](N)c1ccc(OC(F)(F)F)c(Cl)c1. The molecule has 2 N–H and O–H groups in total. The largest absolute Gasteiger partial charge is 0.573 e. The quantitative estimate of drug-likeness (QED) is 0.666. The van der Waals surface area contributed by atoms with Gasteiger partial charge in [-0.25, -0.2) is 9.18 Å². The molecule has 0 bridgehead atoms. The van der Waals surface area contributed by atoms with Crippen LogP contribution in [-0.2, 0) is 9.53 Å². The van der Waals surface area contributed by atoms with Crippen molar-refractivity contribution in [3.8, 4) is 5.75 Å². The van der Waals surface area contributed by atoms with Crippen LogP contribution in [0.25, 0.3) is 0 Å². The lowest BCUT2D eigenvalue weighted by Crippen LogP contribution is -2.31. The van der Waals surface area contributed by atoms with E-state index in [1.807, 2.05) is 0 Å². The van der Waals surface area contributed by atoms with Crippen LogP contribution < -0.4 is 10.5 Å². The van der Waals surface area contributed by atoms with Crippen molar-refractivity contribution in [3.63, 3.8) is 0 Å². The molecular weight excluding hydrogens is 318 g/mol. The number of ether oxygens (including phenoxy) is 2. The van der Waals surface area contributed by atoms with Crippen molar-refractivity contribution < 1.29 is 31.8 Å². The first-order chi connectivity index (χ1) is 9.65. The summed E-state index contributed by atoms with van der Waals surface area (Å²) in [6, 6.07) is 1.56. The molecule has 0 spiro atoms. The standard InChI is InChI=1S/C12H12ClF4NO3/c1-2-20-11(19)9(14)10(18)6-3-4-8(7(13)5-6)21-12(15,16)17/h3-5,9-10H,2,18H2,1H3/t9?,10-/m1/s1. The Morgan fingerprint density at radius 3 is 2.52 bits per heavy atom. The van der Waals surface area contributed by atoms with Crippen molar-refractivity contribution in [1.82, 2.24) is 0 Å². The van der Waals surface area contributed by atoms with E-state index in [0.29, 0.717) is 0 Å². The zero-order valence-corrected chi connectivity index (χ0v) is 11.5. The van der Waals surface area contributed by atoms with Crippen LogP contribution in [0.1, 0.15) is 18.5 Å². The summed E-state index contributed by atoms with van der Waals surface area (Å²) in [5.41, 5.74) is 5.56. The summed E-state index contributed by atoms with van der Waals surface area (Å²) in [5.74, 6) is -1.80. The lowest BCUT2D eigenvalue weighted by molar-refractivity contribution is -0.274. The summed E-state index contributed by atoms with van der Waals surface area (Å²) in [4.78, 5) is 11.2. The van der Waals surface area contributed by atoms with E-state index in [9.17, 15) is 22.4 Å². The number of alkyl halides is 4. The van der Waals surface area contributed by atoms with Crippen molar-refractivity contribution >= 4 is 17.6 Å². The Hall–Kier alpha value is -1.54. The number of benzene rings is 1. The fourth-order valence-corrected chi connectivity index (χ4v) is 1.70. The highest BCUT2D eigenvalue weighted by atomic mass is 35.5. The molecule has 0 radical (unpaired) electrons. The minimum atomic E-state index is -4.90. The molecule has 0 saturated heterocycles. The molecule has 0 aliphatic heterocycles. The van der Waals surface area contributed by atoms with E-state index in [-0.39, 0.29) is 12.2 Å². The van der Waals surface area contributed by atoms with Gasteiger partial charge < -0.3 is 15.2 Å². The number of rotatable bonds is 5. The van der Waals surface area contributed by atoms with Crippen LogP contribution in [0, 0.1) is 0 Å². The molecule has 0 heterocycles. The van der Waals surface area contributed by atoms with Crippen LogP contribution in [0.2, 0.25) is 5.02 Å². The molecule has 0 amide bonds. The third-order valence-electron chi connectivity index (χ3n) is 2.39. The normalized spacial score (nSPS) is 14.4. The second-order valence-electron chi connectivity index (χ2n) is 3.92. The highest BCUT2D eigenvalue weighted by Crippen LogP contribution is 2.32. The number of carbonyl (C=O) groups excluding carboxylic acids is 1. The molecule has 2 atom stereocenters. The van der Waals surface area contributed by atoms with E-state index in [1.54, 1.807) is 0 Å². The molecule has 9 heteroatoms. The summed E-state index contributed by atoms with van der Waals surface area (Å²) < 4.78 is 58.1. The van der Waals surface area contributed by atoms with Crippen LogP contribution in [-0.4, -0.2) is 25.1 Å². The molecule has 4 nitrogen and oxygen atoms in total. The first-order valence-corrected chi connectivity index (χ1v) is 6.15. The first kappa shape index (κ1) is 17.5. The predicted octanol–water partition coefficient (Wildman–Crippen LogP) is 3.14. The van der Waals surface area contributed by atoms with E-state index >= 15 is 0 Å². The van der Waals surface area contributed by atoms with Gasteiger partial charge in [0.1, 0.15) is 5.75 Å². The van der Waals surface area contributed by atoms with Crippen LogP contribution >= 0.6 is 11.6 Å². The molecule has 0 saturated carbocycles. The van der Waals surface area contributed by atoms with Crippen molar-refractivity contribution in [1.29, 1.82) is 0 Å². The predicted molar refractivity (Wildman–Crippen MR) is 66.6 cm³/mol. The number of halogens is 5. The van der Waals surface area contributed by atoms with E-state index in [4.69, 9.17) is 17.3 Å². The van der Waals surface area contributed by atoms with Gasteiger partial charge in [0.25, 0.3) is 0 Å².